The number of benzene rings is 2. The number of aliphatic imine (C=N–C) groups is 1. The molecule has 0 saturated heterocycles. The minimum atomic E-state index is 0.510. The number of anilines is 2. The molecule has 0 bridgehead atoms. The van der Waals surface area contributed by atoms with E-state index in [-0.39, 0.29) is 0 Å². The summed E-state index contributed by atoms with van der Waals surface area (Å²) in [4.78, 5) is 8.92. The molecule has 1 saturated carbocycles. The monoisotopic (exact) mass is 376 g/mol. The molecule has 5 nitrogen and oxygen atoms in total. The largest absolute Gasteiger partial charge is 0.460 e. The van der Waals surface area contributed by atoms with Gasteiger partial charge in [0.05, 0.1) is 12.2 Å². The summed E-state index contributed by atoms with van der Waals surface area (Å²) < 4.78 is 5.83. The molecule has 2 heterocycles. The summed E-state index contributed by atoms with van der Waals surface area (Å²) in [6.07, 6.45) is 4.42. The molecular weight excluding hydrogens is 356 g/mol. The first-order chi connectivity index (χ1) is 13.3. The minimum absolute atomic E-state index is 0.510. The molecule has 0 amide bonds. The summed E-state index contributed by atoms with van der Waals surface area (Å²) in [7, 11) is 0. The first kappa shape index (κ1) is 16.3. The predicted molar refractivity (Wildman–Crippen MR) is 110 cm³/mol. The van der Waals surface area contributed by atoms with Crippen molar-refractivity contribution in [3.05, 3.63) is 70.2 Å². The topological polar surface area (TPSA) is 58.5 Å². The number of fused-ring (bicyclic) bond motifs is 1. The second kappa shape index (κ2) is 7.04. The Bertz CT molecular complexity index is 980. The lowest BCUT2D eigenvalue weighted by molar-refractivity contribution is 0.286. The highest BCUT2D eigenvalue weighted by atomic mass is 32.1. The number of rotatable bonds is 5. The van der Waals surface area contributed by atoms with E-state index in [4.69, 9.17) is 4.74 Å². The molecule has 5 rings (SSSR count). The van der Waals surface area contributed by atoms with Crippen LogP contribution in [0.2, 0.25) is 0 Å². The van der Waals surface area contributed by atoms with Gasteiger partial charge < -0.3 is 15.4 Å². The number of thiazole rings is 1. The van der Waals surface area contributed by atoms with Crippen LogP contribution in [0.5, 0.6) is 0 Å². The Morgan fingerprint density at radius 2 is 2.07 bits per heavy atom. The fraction of sp³-hybridized carbons (Fsp3) is 0.238. The smallest absolute Gasteiger partial charge is 0.294 e. The van der Waals surface area contributed by atoms with Crippen LogP contribution in [-0.4, -0.2) is 11.0 Å². The van der Waals surface area contributed by atoms with Crippen LogP contribution in [0.4, 0.5) is 17.1 Å². The minimum Gasteiger partial charge on any atom is -0.460 e. The van der Waals surface area contributed by atoms with Crippen molar-refractivity contribution in [3.63, 3.8) is 0 Å². The summed E-state index contributed by atoms with van der Waals surface area (Å²) in [6.45, 7) is 1.24. The van der Waals surface area contributed by atoms with Crippen LogP contribution in [0, 0.1) is 0 Å². The van der Waals surface area contributed by atoms with Gasteiger partial charge >= 0.3 is 0 Å². The van der Waals surface area contributed by atoms with Gasteiger partial charge in [0.2, 0.25) is 0 Å². The molecule has 27 heavy (non-hydrogen) atoms. The molecule has 1 aliphatic carbocycles. The first-order valence-corrected chi connectivity index (χ1v) is 10.0. The van der Waals surface area contributed by atoms with E-state index in [0.29, 0.717) is 12.6 Å². The van der Waals surface area contributed by atoms with E-state index in [1.165, 1.54) is 18.4 Å². The van der Waals surface area contributed by atoms with Crippen LogP contribution in [0.25, 0.3) is 0 Å². The predicted octanol–water partition coefficient (Wildman–Crippen LogP) is 5.26. The number of nitrogens with one attached hydrogen (secondary N) is 2. The number of amidine groups is 1. The Hall–Kier alpha value is -2.86. The molecule has 0 spiro atoms. The van der Waals surface area contributed by atoms with E-state index in [0.717, 1.165) is 40.1 Å². The molecule has 0 radical (unpaired) electrons. The van der Waals surface area contributed by atoms with Gasteiger partial charge in [-0.05, 0) is 54.7 Å². The molecule has 1 aliphatic heterocycles. The molecule has 136 valence electrons. The third-order valence-corrected chi connectivity index (χ3v) is 5.56. The van der Waals surface area contributed by atoms with Crippen LogP contribution < -0.4 is 10.6 Å². The fourth-order valence-corrected chi connectivity index (χ4v) is 3.76. The molecule has 2 aliphatic rings. The number of ether oxygens (including phenoxy) is 1. The van der Waals surface area contributed by atoms with Crippen molar-refractivity contribution in [3.8, 4) is 0 Å². The maximum absolute atomic E-state index is 5.83. The zero-order chi connectivity index (χ0) is 18.1. The lowest BCUT2D eigenvalue weighted by atomic mass is 10.1. The van der Waals surface area contributed by atoms with Crippen LogP contribution in [-0.2, 0) is 17.9 Å². The zero-order valence-electron chi connectivity index (χ0n) is 14.8. The molecule has 0 unspecified atom stereocenters. The lowest BCUT2D eigenvalue weighted by Crippen LogP contribution is -2.19. The lowest BCUT2D eigenvalue weighted by Gasteiger charge is -2.19. The second-order valence-corrected chi connectivity index (χ2v) is 7.83. The van der Waals surface area contributed by atoms with E-state index in [1.54, 1.807) is 11.3 Å². The maximum Gasteiger partial charge on any atom is 0.294 e. The summed E-state index contributed by atoms with van der Waals surface area (Å²) in [5.41, 5.74) is 5.51. The van der Waals surface area contributed by atoms with Crippen molar-refractivity contribution >= 4 is 34.4 Å². The normalized spacial score (nSPS) is 15.5. The number of aromatic nitrogens is 1. The van der Waals surface area contributed by atoms with Crippen molar-refractivity contribution in [1.29, 1.82) is 0 Å². The van der Waals surface area contributed by atoms with Gasteiger partial charge in [0.15, 0.2) is 0 Å². The average Bonchev–Trinajstić information content (AvgIpc) is 3.42. The first-order valence-electron chi connectivity index (χ1n) is 9.17. The standard InChI is InChI=1S/C21H20N4OS/c1-2-15(14-4-5-14)10-18(3-1)24-21-25-19-7-6-17(11-16(19)13-26-21)23-12-20-22-8-9-27-20/h1-3,6-11,14,23H,4-5,12-13H2,(H,24,25). The van der Waals surface area contributed by atoms with Crippen LogP contribution in [0.15, 0.2) is 59.0 Å². The van der Waals surface area contributed by atoms with E-state index in [1.807, 2.05) is 23.7 Å². The van der Waals surface area contributed by atoms with Gasteiger partial charge in [0, 0.05) is 28.5 Å². The molecule has 6 heteroatoms. The van der Waals surface area contributed by atoms with Crippen LogP contribution in [0.1, 0.15) is 34.9 Å². The van der Waals surface area contributed by atoms with Crippen LogP contribution >= 0.6 is 11.3 Å². The SMILES string of the molecule is c1cc(NC2=Nc3ccc(NCc4nccs4)cc3CO2)cc(C2CC2)c1. The van der Waals surface area contributed by atoms with Gasteiger partial charge in [0.1, 0.15) is 11.6 Å². The number of hydrogen-bond donors (Lipinski definition) is 2. The number of nitrogens with zero attached hydrogens (tertiary/aromatic N) is 2. The summed E-state index contributed by atoms with van der Waals surface area (Å²) in [5.74, 6) is 0.733. The molecule has 3 aromatic rings. The van der Waals surface area contributed by atoms with E-state index >= 15 is 0 Å². The van der Waals surface area contributed by atoms with Crippen molar-refractivity contribution < 1.29 is 4.74 Å². The fourth-order valence-electron chi connectivity index (χ4n) is 3.20. The summed E-state index contributed by atoms with van der Waals surface area (Å²) in [5, 5.41) is 9.77. The van der Waals surface area contributed by atoms with Gasteiger partial charge in [-0.15, -0.1) is 11.3 Å². The highest BCUT2D eigenvalue weighted by Crippen LogP contribution is 2.40. The Morgan fingerprint density at radius 3 is 2.93 bits per heavy atom. The molecule has 2 aromatic carbocycles. The van der Waals surface area contributed by atoms with Crippen molar-refractivity contribution in [2.75, 3.05) is 10.6 Å². The Kier molecular flexibility index (Phi) is 4.26. The molecular formula is C21H20N4OS. The number of hydrogen-bond acceptors (Lipinski definition) is 6. The third kappa shape index (κ3) is 3.80. The highest BCUT2D eigenvalue weighted by molar-refractivity contribution is 7.09. The summed E-state index contributed by atoms with van der Waals surface area (Å²) in [6, 6.07) is 15.3. The van der Waals surface area contributed by atoms with Crippen molar-refractivity contribution in [2.24, 2.45) is 4.99 Å². The molecule has 2 N–H and O–H groups in total. The Morgan fingerprint density at radius 1 is 1.11 bits per heavy atom. The average molecular weight is 376 g/mol. The second-order valence-electron chi connectivity index (χ2n) is 6.85. The van der Waals surface area contributed by atoms with Crippen molar-refractivity contribution in [2.45, 2.75) is 31.9 Å². The van der Waals surface area contributed by atoms with Crippen molar-refractivity contribution in [1.82, 2.24) is 4.98 Å². The van der Waals surface area contributed by atoms with E-state index in [9.17, 15) is 0 Å². The molecule has 1 aromatic heterocycles. The Balaban J connectivity index is 1.28. The van der Waals surface area contributed by atoms with E-state index < -0.39 is 0 Å². The van der Waals surface area contributed by atoms with Gasteiger partial charge in [-0.25, -0.2) is 4.98 Å². The zero-order valence-corrected chi connectivity index (χ0v) is 15.6. The molecule has 0 atom stereocenters. The van der Waals surface area contributed by atoms with Gasteiger partial charge in [-0.1, -0.05) is 12.1 Å². The van der Waals surface area contributed by atoms with Gasteiger partial charge in [-0.2, -0.15) is 4.99 Å². The Labute approximate surface area is 162 Å². The third-order valence-electron chi connectivity index (χ3n) is 4.78. The molecule has 1 fully saturated rings. The van der Waals surface area contributed by atoms with E-state index in [2.05, 4.69) is 50.9 Å². The van der Waals surface area contributed by atoms with Crippen LogP contribution in [0.3, 0.4) is 0 Å². The summed E-state index contributed by atoms with van der Waals surface area (Å²) >= 11 is 1.65. The maximum atomic E-state index is 5.83. The van der Waals surface area contributed by atoms with Gasteiger partial charge in [-0.3, -0.25) is 0 Å². The quantitative estimate of drug-likeness (QED) is 0.637. The van der Waals surface area contributed by atoms with Gasteiger partial charge in [0.25, 0.3) is 6.02 Å². The highest BCUT2D eigenvalue weighted by Gasteiger charge is 2.23.